The van der Waals surface area contributed by atoms with E-state index < -0.39 is 11.4 Å². The fraction of sp³-hybridized carbons (Fsp3) is 0.471. The first-order valence-corrected chi connectivity index (χ1v) is 8.85. The Balaban J connectivity index is 1.79. The second-order valence-electron chi connectivity index (χ2n) is 6.65. The van der Waals surface area contributed by atoms with Crippen molar-refractivity contribution in [3.05, 3.63) is 28.3 Å². The van der Waals surface area contributed by atoms with Gasteiger partial charge < -0.3 is 15.0 Å². The molecular weight excluding hydrogens is 326 g/mol. The van der Waals surface area contributed by atoms with Gasteiger partial charge in [-0.25, -0.2) is 4.98 Å². The molecule has 2 N–H and O–H groups in total. The lowest BCUT2D eigenvalue weighted by atomic mass is 9.76. The van der Waals surface area contributed by atoms with Crippen LogP contribution in [-0.4, -0.2) is 44.9 Å². The number of H-pyrrole nitrogens is 1. The van der Waals surface area contributed by atoms with Crippen molar-refractivity contribution in [2.75, 3.05) is 13.1 Å². The summed E-state index contributed by atoms with van der Waals surface area (Å²) in [5, 5.41) is 12.5. The smallest absolute Gasteiger partial charge is 0.311 e. The monoisotopic (exact) mass is 347 g/mol. The van der Waals surface area contributed by atoms with Gasteiger partial charge in [0.15, 0.2) is 0 Å². The Morgan fingerprint density at radius 1 is 1.46 bits per heavy atom. The summed E-state index contributed by atoms with van der Waals surface area (Å²) in [4.78, 5) is 33.5. The molecule has 128 valence electrons. The molecular formula is C17H21N3O3S. The highest BCUT2D eigenvalue weighted by molar-refractivity contribution is 7.09. The predicted molar refractivity (Wildman–Crippen MR) is 92.1 cm³/mol. The summed E-state index contributed by atoms with van der Waals surface area (Å²) in [6, 6.07) is 1.78. The van der Waals surface area contributed by atoms with E-state index in [0.29, 0.717) is 18.7 Å². The van der Waals surface area contributed by atoms with Crippen LogP contribution in [0.25, 0.3) is 11.3 Å². The highest BCUT2D eigenvalue weighted by Crippen LogP contribution is 2.38. The minimum absolute atomic E-state index is 0.0232. The Morgan fingerprint density at radius 3 is 2.75 bits per heavy atom. The molecule has 3 rings (SSSR count). The maximum Gasteiger partial charge on any atom is 0.311 e. The van der Waals surface area contributed by atoms with Gasteiger partial charge in [0.05, 0.1) is 16.1 Å². The zero-order valence-electron chi connectivity index (χ0n) is 14.0. The quantitative estimate of drug-likeness (QED) is 0.890. The van der Waals surface area contributed by atoms with Crippen LogP contribution < -0.4 is 0 Å². The number of carboxylic acid groups (broad SMARTS) is 1. The van der Waals surface area contributed by atoms with Gasteiger partial charge in [0.25, 0.3) is 5.91 Å². The van der Waals surface area contributed by atoms with E-state index in [9.17, 15) is 14.7 Å². The maximum atomic E-state index is 12.7. The van der Waals surface area contributed by atoms with Gasteiger partial charge in [-0.2, -0.15) is 0 Å². The average molecular weight is 347 g/mol. The van der Waals surface area contributed by atoms with Gasteiger partial charge in [-0.1, -0.05) is 13.8 Å². The normalized spacial score (nSPS) is 20.8. The summed E-state index contributed by atoms with van der Waals surface area (Å²) in [7, 11) is 0. The zero-order chi connectivity index (χ0) is 17.5. The molecule has 1 atom stereocenters. The molecule has 1 amide bonds. The van der Waals surface area contributed by atoms with Crippen LogP contribution in [0.3, 0.4) is 0 Å². The number of likely N-dealkylation sites (tertiary alicyclic amines) is 1. The third-order valence-corrected chi connectivity index (χ3v) is 5.72. The van der Waals surface area contributed by atoms with Crippen molar-refractivity contribution >= 4 is 23.2 Å². The predicted octanol–water partition coefficient (Wildman–Crippen LogP) is 3.02. The van der Waals surface area contributed by atoms with E-state index in [-0.39, 0.29) is 18.4 Å². The van der Waals surface area contributed by atoms with Gasteiger partial charge in [-0.3, -0.25) is 9.59 Å². The molecule has 24 heavy (non-hydrogen) atoms. The molecule has 1 saturated heterocycles. The summed E-state index contributed by atoms with van der Waals surface area (Å²) in [5.41, 5.74) is 1.34. The van der Waals surface area contributed by atoms with E-state index in [0.717, 1.165) is 16.3 Å². The van der Waals surface area contributed by atoms with Crippen LogP contribution in [0.2, 0.25) is 0 Å². The van der Waals surface area contributed by atoms with Gasteiger partial charge >= 0.3 is 5.97 Å². The number of nitrogens with one attached hydrogen (secondary N) is 1. The fourth-order valence-corrected chi connectivity index (χ4v) is 3.85. The fourth-order valence-electron chi connectivity index (χ4n) is 3.23. The zero-order valence-corrected chi connectivity index (χ0v) is 14.8. The number of carbonyl (C=O) groups is 2. The molecule has 0 bridgehead atoms. The third kappa shape index (κ3) is 2.73. The molecule has 6 nitrogen and oxygen atoms in total. The molecule has 1 fully saturated rings. The van der Waals surface area contributed by atoms with Crippen LogP contribution in [0.4, 0.5) is 0 Å². The lowest BCUT2D eigenvalue weighted by Crippen LogP contribution is -2.40. The lowest BCUT2D eigenvalue weighted by molar-refractivity contribution is -0.150. The van der Waals surface area contributed by atoms with Crippen molar-refractivity contribution in [1.29, 1.82) is 0 Å². The van der Waals surface area contributed by atoms with Crippen LogP contribution in [0, 0.1) is 18.3 Å². The van der Waals surface area contributed by atoms with Crippen LogP contribution in [0.5, 0.6) is 0 Å². The van der Waals surface area contributed by atoms with Crippen molar-refractivity contribution in [2.24, 2.45) is 11.3 Å². The molecule has 3 heterocycles. The van der Waals surface area contributed by atoms with Gasteiger partial charge in [0, 0.05) is 30.2 Å². The number of nitrogens with zero attached hydrogens (tertiary/aromatic N) is 2. The highest BCUT2D eigenvalue weighted by atomic mass is 32.1. The van der Waals surface area contributed by atoms with Crippen molar-refractivity contribution in [2.45, 2.75) is 27.2 Å². The molecule has 1 aliphatic rings. The summed E-state index contributed by atoms with van der Waals surface area (Å²) < 4.78 is 0. The number of hydrogen-bond acceptors (Lipinski definition) is 4. The molecule has 0 aliphatic carbocycles. The first-order valence-electron chi connectivity index (χ1n) is 7.97. The van der Waals surface area contributed by atoms with Crippen LogP contribution in [0.15, 0.2) is 17.6 Å². The molecule has 0 spiro atoms. The molecule has 0 saturated carbocycles. The number of carboxylic acids is 1. The number of rotatable bonds is 4. The number of amides is 1. The van der Waals surface area contributed by atoms with E-state index in [1.807, 2.05) is 26.2 Å². The summed E-state index contributed by atoms with van der Waals surface area (Å²) in [6.45, 7) is 6.46. The van der Waals surface area contributed by atoms with Crippen LogP contribution in [-0.2, 0) is 4.79 Å². The standard InChI is InChI=1S/C17H21N3O3S/c1-10(2)17(16(22)23)4-5-20(9-17)15(21)13-6-12(7-18-13)14-8-24-11(3)19-14/h6-8,10,18H,4-5,9H2,1-3H3,(H,22,23). The number of thiazole rings is 1. The first-order chi connectivity index (χ1) is 11.3. The Labute approximate surface area is 144 Å². The molecule has 0 radical (unpaired) electrons. The average Bonchev–Trinajstić information content (AvgIpc) is 3.25. The van der Waals surface area contributed by atoms with Crippen molar-refractivity contribution < 1.29 is 14.7 Å². The molecule has 1 aliphatic heterocycles. The van der Waals surface area contributed by atoms with Crippen molar-refractivity contribution in [1.82, 2.24) is 14.9 Å². The Hall–Kier alpha value is -2.15. The van der Waals surface area contributed by atoms with Gasteiger partial charge in [0.1, 0.15) is 5.69 Å². The Kier molecular flexibility index (Phi) is 4.21. The summed E-state index contributed by atoms with van der Waals surface area (Å²) in [5.74, 6) is -1.00. The Morgan fingerprint density at radius 2 is 2.21 bits per heavy atom. The van der Waals surface area contributed by atoms with E-state index in [4.69, 9.17) is 0 Å². The lowest BCUT2D eigenvalue weighted by Gasteiger charge is -2.28. The highest BCUT2D eigenvalue weighted by Gasteiger charge is 2.48. The third-order valence-electron chi connectivity index (χ3n) is 4.95. The molecule has 7 heteroatoms. The number of aliphatic carboxylic acids is 1. The molecule has 2 aromatic rings. The molecule has 2 aromatic heterocycles. The maximum absolute atomic E-state index is 12.7. The largest absolute Gasteiger partial charge is 0.481 e. The van der Waals surface area contributed by atoms with Crippen LogP contribution in [0.1, 0.15) is 35.8 Å². The first kappa shape index (κ1) is 16.7. The molecule has 0 aromatic carbocycles. The minimum atomic E-state index is -0.850. The number of carbonyl (C=O) groups excluding carboxylic acids is 1. The number of aromatic amines is 1. The van der Waals surface area contributed by atoms with Gasteiger partial charge in [0.2, 0.25) is 0 Å². The van der Waals surface area contributed by atoms with Crippen LogP contribution >= 0.6 is 11.3 Å². The molecule has 1 unspecified atom stereocenters. The van der Waals surface area contributed by atoms with E-state index in [2.05, 4.69) is 9.97 Å². The second kappa shape index (κ2) is 6.05. The number of hydrogen-bond donors (Lipinski definition) is 2. The summed E-state index contributed by atoms with van der Waals surface area (Å²) in [6.07, 6.45) is 2.26. The second-order valence-corrected chi connectivity index (χ2v) is 7.71. The van der Waals surface area contributed by atoms with Crippen molar-refractivity contribution in [3.8, 4) is 11.3 Å². The van der Waals surface area contributed by atoms with Crippen molar-refractivity contribution in [3.63, 3.8) is 0 Å². The Bertz CT molecular complexity index is 780. The SMILES string of the molecule is Cc1nc(-c2c[nH]c(C(=O)N3CCC(C(=O)O)(C(C)C)C3)c2)cs1. The summed E-state index contributed by atoms with van der Waals surface area (Å²) >= 11 is 1.56. The minimum Gasteiger partial charge on any atom is -0.481 e. The van der Waals surface area contributed by atoms with E-state index in [1.165, 1.54) is 0 Å². The van der Waals surface area contributed by atoms with Gasteiger partial charge in [-0.05, 0) is 25.3 Å². The number of aromatic nitrogens is 2. The number of aryl methyl sites for hydroxylation is 1. The van der Waals surface area contributed by atoms with E-state index >= 15 is 0 Å². The topological polar surface area (TPSA) is 86.3 Å². The van der Waals surface area contributed by atoms with E-state index in [1.54, 1.807) is 28.5 Å². The van der Waals surface area contributed by atoms with Gasteiger partial charge in [-0.15, -0.1) is 11.3 Å².